The lowest BCUT2D eigenvalue weighted by Crippen LogP contribution is -2.02. The zero-order valence-corrected chi connectivity index (χ0v) is 19.6. The molecule has 0 saturated heterocycles. The van der Waals surface area contributed by atoms with E-state index >= 15 is 0 Å². The minimum Gasteiger partial charge on any atom is -0.381 e. The molecule has 1 unspecified atom stereocenters. The molecule has 8 nitrogen and oxygen atoms in total. The minimum absolute atomic E-state index is 0.0785. The highest BCUT2D eigenvalue weighted by Gasteiger charge is 2.31. The van der Waals surface area contributed by atoms with Gasteiger partial charge < -0.3 is 20.0 Å². The van der Waals surface area contributed by atoms with Gasteiger partial charge in [0.25, 0.3) is 0 Å². The van der Waals surface area contributed by atoms with Crippen LogP contribution in [0.2, 0.25) is 0 Å². The van der Waals surface area contributed by atoms with Crippen LogP contribution in [-0.4, -0.2) is 27.8 Å². The van der Waals surface area contributed by atoms with Gasteiger partial charge in [0.1, 0.15) is 0 Å². The van der Waals surface area contributed by atoms with E-state index in [0.29, 0.717) is 13.0 Å². The van der Waals surface area contributed by atoms with Gasteiger partial charge in [0.2, 0.25) is 0 Å². The predicted octanol–water partition coefficient (Wildman–Crippen LogP) is 5.72. The lowest BCUT2D eigenvalue weighted by Gasteiger charge is -2.11. The summed E-state index contributed by atoms with van der Waals surface area (Å²) in [6, 6.07) is -1.69. The van der Waals surface area contributed by atoms with Gasteiger partial charge in [-0.3, -0.25) is 4.52 Å². The van der Waals surface area contributed by atoms with E-state index in [-0.39, 0.29) is 36.5 Å². The molecular formula is C21H33NO7P2. The fourth-order valence-corrected chi connectivity index (χ4v) is 3.89. The van der Waals surface area contributed by atoms with Gasteiger partial charge in [-0.05, 0) is 58.5 Å². The first-order chi connectivity index (χ1) is 16.5. The number of hydrogen-bond donors (Lipinski definition) is 4. The summed E-state index contributed by atoms with van der Waals surface area (Å²) in [5.74, 6) is 0. The normalized spacial score (nSPS) is 17.9. The first-order valence-corrected chi connectivity index (χ1v) is 12.6. The van der Waals surface area contributed by atoms with Crippen LogP contribution in [0.1, 0.15) is 53.3 Å². The van der Waals surface area contributed by atoms with Crippen molar-refractivity contribution >= 4 is 21.3 Å². The quantitative estimate of drug-likeness (QED) is 0.198. The maximum Gasteiger partial charge on any atom is 0.481 e. The number of anilines is 1. The third-order valence-electron chi connectivity index (χ3n) is 3.99. The SMILES string of the molecule is [2H]c1c([2H])c([2H])c(NC/C(C)=C/CC/C(C)=C/CC/C(C)=C/COP(=O)(O)OP(=O)(O)O)c([2H])c1[2H]. The lowest BCUT2D eigenvalue weighted by molar-refractivity contribution is 0.191. The average molecular weight is 478 g/mol. The Morgan fingerprint density at radius 2 is 1.52 bits per heavy atom. The van der Waals surface area contributed by atoms with E-state index < -0.39 is 21.7 Å². The molecule has 174 valence electrons. The zero-order valence-electron chi connectivity index (χ0n) is 22.8. The van der Waals surface area contributed by atoms with Crippen molar-refractivity contribution in [2.75, 3.05) is 18.5 Å². The molecule has 0 heterocycles. The fourth-order valence-electron chi connectivity index (χ4n) is 2.37. The van der Waals surface area contributed by atoms with Gasteiger partial charge in [-0.1, -0.05) is 53.1 Å². The second-order valence-electron chi connectivity index (χ2n) is 6.92. The zero-order chi connectivity index (χ0) is 27.7. The summed E-state index contributed by atoms with van der Waals surface area (Å²) in [7, 11) is -9.97. The Morgan fingerprint density at radius 1 is 0.968 bits per heavy atom. The first kappa shape index (κ1) is 20.1. The van der Waals surface area contributed by atoms with Crippen LogP contribution in [0.25, 0.3) is 0 Å². The second kappa shape index (κ2) is 13.8. The number of phosphoric acid groups is 2. The molecule has 1 atom stereocenters. The molecule has 0 radical (unpaired) electrons. The number of nitrogens with one attached hydrogen (secondary N) is 1. The summed E-state index contributed by atoms with van der Waals surface area (Å²) < 4.78 is 69.1. The number of phosphoric ester groups is 1. The molecule has 0 bridgehead atoms. The van der Waals surface area contributed by atoms with E-state index in [9.17, 15) is 14.0 Å². The molecular weight excluding hydrogens is 440 g/mol. The number of allylic oxidation sites excluding steroid dienone is 4. The number of rotatable bonds is 14. The van der Waals surface area contributed by atoms with Gasteiger partial charge in [0, 0.05) is 12.2 Å². The Bertz CT molecular complexity index is 1090. The molecule has 0 aromatic heterocycles. The van der Waals surface area contributed by atoms with E-state index in [1.54, 1.807) is 6.92 Å². The molecule has 10 heteroatoms. The standard InChI is InChI=1S/C21H33NO7P2/c1-18(10-8-12-20(3)17-22-21-13-5-4-6-14-21)9-7-11-19(2)15-16-28-31(26,27)29-30(23,24)25/h4-6,9,12-15,22H,7-8,10-11,16-17H2,1-3H3,(H,26,27)(H2,23,24,25)/b18-9+,19-15+,20-12+/i4D,5D,6D,13D,14D. The van der Waals surface area contributed by atoms with E-state index in [2.05, 4.69) is 20.2 Å². The van der Waals surface area contributed by atoms with Crippen LogP contribution in [0.15, 0.2) is 65.2 Å². The van der Waals surface area contributed by atoms with Crippen molar-refractivity contribution in [3.8, 4) is 0 Å². The molecule has 1 rings (SSSR count). The van der Waals surface area contributed by atoms with E-state index in [1.165, 1.54) is 6.08 Å². The lowest BCUT2D eigenvalue weighted by atomic mass is 10.1. The van der Waals surface area contributed by atoms with E-state index in [1.807, 2.05) is 19.9 Å². The van der Waals surface area contributed by atoms with Crippen LogP contribution in [-0.2, 0) is 18.0 Å². The fraction of sp³-hybridized carbons (Fsp3) is 0.429. The summed E-state index contributed by atoms with van der Waals surface area (Å²) in [5.41, 5.74) is 3.08. The smallest absolute Gasteiger partial charge is 0.381 e. The highest BCUT2D eigenvalue weighted by atomic mass is 31.3. The Morgan fingerprint density at radius 3 is 2.10 bits per heavy atom. The van der Waals surface area contributed by atoms with Crippen LogP contribution in [0.4, 0.5) is 5.69 Å². The van der Waals surface area contributed by atoms with Crippen LogP contribution < -0.4 is 5.32 Å². The Hall–Kier alpha value is -1.50. The summed E-state index contributed by atoms with van der Waals surface area (Å²) in [6.07, 6.45) is 8.59. The average Bonchev–Trinajstić information content (AvgIpc) is 2.74. The molecule has 0 fully saturated rings. The summed E-state index contributed by atoms with van der Waals surface area (Å²) in [4.78, 5) is 26.3. The van der Waals surface area contributed by atoms with Crippen molar-refractivity contribution < 1.29 is 39.5 Å². The molecule has 0 spiro atoms. The van der Waals surface area contributed by atoms with Gasteiger partial charge in [-0.25, -0.2) is 9.13 Å². The van der Waals surface area contributed by atoms with Crippen molar-refractivity contribution in [3.63, 3.8) is 0 Å². The summed E-state index contributed by atoms with van der Waals surface area (Å²) in [5, 5.41) is 2.93. The van der Waals surface area contributed by atoms with Gasteiger partial charge >= 0.3 is 15.6 Å². The number of benzene rings is 1. The maximum atomic E-state index is 11.4. The van der Waals surface area contributed by atoms with Gasteiger partial charge in [-0.2, -0.15) is 4.31 Å². The number of hydrogen-bond acceptors (Lipinski definition) is 5. The minimum atomic E-state index is -5.13. The van der Waals surface area contributed by atoms with E-state index in [0.717, 1.165) is 36.0 Å². The second-order valence-corrected chi connectivity index (χ2v) is 9.75. The third kappa shape index (κ3) is 15.0. The molecule has 0 amide bonds. The highest BCUT2D eigenvalue weighted by molar-refractivity contribution is 7.60. The maximum absolute atomic E-state index is 11.4. The Labute approximate surface area is 191 Å². The molecule has 31 heavy (non-hydrogen) atoms. The topological polar surface area (TPSA) is 125 Å². The van der Waals surface area contributed by atoms with Gasteiger partial charge in [0.05, 0.1) is 13.5 Å². The van der Waals surface area contributed by atoms with Crippen LogP contribution in [0.5, 0.6) is 0 Å². The monoisotopic (exact) mass is 478 g/mol. The van der Waals surface area contributed by atoms with Crippen LogP contribution >= 0.6 is 15.6 Å². The molecule has 0 aliphatic carbocycles. The van der Waals surface area contributed by atoms with Crippen molar-refractivity contribution in [3.05, 3.63) is 65.2 Å². The van der Waals surface area contributed by atoms with Gasteiger partial charge in [-0.15, -0.1) is 0 Å². The molecule has 1 aromatic carbocycles. The van der Waals surface area contributed by atoms with E-state index in [4.69, 9.17) is 16.6 Å². The van der Waals surface area contributed by atoms with Gasteiger partial charge in [0.15, 0.2) is 0 Å². The Kier molecular flexibility index (Phi) is 8.97. The van der Waals surface area contributed by atoms with Crippen molar-refractivity contribution in [2.24, 2.45) is 0 Å². The predicted molar refractivity (Wildman–Crippen MR) is 124 cm³/mol. The summed E-state index contributed by atoms with van der Waals surface area (Å²) in [6.45, 7) is 5.71. The van der Waals surface area contributed by atoms with Crippen molar-refractivity contribution in [1.82, 2.24) is 0 Å². The molecule has 0 saturated carbocycles. The molecule has 1 aromatic rings. The molecule has 0 aliphatic heterocycles. The van der Waals surface area contributed by atoms with Crippen LogP contribution in [0, 0.1) is 0 Å². The van der Waals surface area contributed by atoms with Crippen molar-refractivity contribution in [1.29, 1.82) is 0 Å². The van der Waals surface area contributed by atoms with Crippen molar-refractivity contribution in [2.45, 2.75) is 46.5 Å². The van der Waals surface area contributed by atoms with Crippen LogP contribution in [0.3, 0.4) is 0 Å². The summed E-state index contributed by atoms with van der Waals surface area (Å²) >= 11 is 0. The number of para-hydroxylation sites is 1. The molecule has 0 aliphatic rings. The third-order valence-corrected chi connectivity index (χ3v) is 6.14. The Balaban J connectivity index is 2.46. The highest BCUT2D eigenvalue weighted by Crippen LogP contribution is 2.57. The first-order valence-electron chi connectivity index (χ1n) is 12.1. The largest absolute Gasteiger partial charge is 0.481 e. The molecule has 4 N–H and O–H groups in total.